The fraction of sp³-hybridized carbons (Fsp3) is 0.348. The molecule has 168 valence electrons. The molecular formula is C23H26FN5O2S. The number of fused-ring (bicyclic) bond motifs is 1. The van der Waals surface area contributed by atoms with Gasteiger partial charge in [-0.2, -0.15) is 0 Å². The molecule has 3 heterocycles. The van der Waals surface area contributed by atoms with Gasteiger partial charge >= 0.3 is 0 Å². The lowest BCUT2D eigenvalue weighted by atomic mass is 10.1. The third-order valence-corrected chi connectivity index (χ3v) is 5.93. The highest BCUT2D eigenvalue weighted by Crippen LogP contribution is 2.17. The monoisotopic (exact) mass is 455 g/mol. The molecule has 0 radical (unpaired) electrons. The number of nitrogens with one attached hydrogen (secondary N) is 2. The third-order valence-electron chi connectivity index (χ3n) is 5.71. The molecule has 1 aliphatic rings. The quantitative estimate of drug-likeness (QED) is 0.554. The zero-order valence-corrected chi connectivity index (χ0v) is 18.7. The van der Waals surface area contributed by atoms with Crippen molar-refractivity contribution in [2.75, 3.05) is 32.1 Å². The summed E-state index contributed by atoms with van der Waals surface area (Å²) in [4.78, 5) is 19.2. The van der Waals surface area contributed by atoms with E-state index in [-0.39, 0.29) is 17.4 Å². The Labute approximate surface area is 191 Å². The highest BCUT2D eigenvalue weighted by atomic mass is 32.1. The second-order valence-electron chi connectivity index (χ2n) is 7.82. The lowest BCUT2D eigenvalue weighted by Gasteiger charge is -2.33. The van der Waals surface area contributed by atoms with Crippen molar-refractivity contribution in [3.8, 4) is 5.75 Å². The minimum Gasteiger partial charge on any atom is -0.495 e. The summed E-state index contributed by atoms with van der Waals surface area (Å²) in [6, 6.07) is 11.6. The van der Waals surface area contributed by atoms with Crippen molar-refractivity contribution >= 4 is 34.1 Å². The number of ether oxygens (including phenoxy) is 1. The average Bonchev–Trinajstić information content (AvgIpc) is 2.80. The highest BCUT2D eigenvalue weighted by molar-refractivity contribution is 7.80. The number of rotatable bonds is 6. The summed E-state index contributed by atoms with van der Waals surface area (Å²) in [5.41, 5.74) is 2.27. The third kappa shape index (κ3) is 5.41. The van der Waals surface area contributed by atoms with Gasteiger partial charge in [-0.15, -0.1) is 0 Å². The van der Waals surface area contributed by atoms with E-state index in [0.717, 1.165) is 49.2 Å². The number of piperidine rings is 1. The van der Waals surface area contributed by atoms with Gasteiger partial charge in [0.05, 0.1) is 24.3 Å². The van der Waals surface area contributed by atoms with E-state index in [2.05, 4.69) is 20.5 Å². The van der Waals surface area contributed by atoms with Gasteiger partial charge in [-0.05, 0) is 55.4 Å². The Balaban J connectivity index is 1.29. The summed E-state index contributed by atoms with van der Waals surface area (Å²) in [5, 5.41) is 6.98. The van der Waals surface area contributed by atoms with Crippen LogP contribution in [0.15, 0.2) is 53.5 Å². The fourth-order valence-corrected chi connectivity index (χ4v) is 4.20. The lowest BCUT2D eigenvalue weighted by molar-refractivity contribution is 0.200. The molecule has 7 nitrogen and oxygen atoms in total. The number of thiocarbonyl (C=S) groups is 1. The number of halogens is 1. The number of anilines is 1. The minimum absolute atomic E-state index is 0.0404. The largest absolute Gasteiger partial charge is 0.495 e. The van der Waals surface area contributed by atoms with Crippen molar-refractivity contribution in [3.63, 3.8) is 0 Å². The summed E-state index contributed by atoms with van der Waals surface area (Å²) < 4.78 is 20.1. The molecule has 1 saturated heterocycles. The maximum absolute atomic E-state index is 13.0. The second-order valence-corrected chi connectivity index (χ2v) is 8.23. The van der Waals surface area contributed by atoms with Gasteiger partial charge in [-0.3, -0.25) is 9.78 Å². The van der Waals surface area contributed by atoms with Gasteiger partial charge in [-0.25, -0.2) is 4.39 Å². The molecule has 0 amide bonds. The standard InChI is InChI=1S/C23H26FN5O2S/c1-31-19-14-21-20(25-15-19)6-7-22(30)29(21)13-12-28-10-8-18(9-11-28)27-23(32)26-17-4-2-16(24)3-5-17/h2-7,14-15,18H,8-13H2,1H3,(H2,26,27,32). The van der Waals surface area contributed by atoms with E-state index in [1.165, 1.54) is 12.1 Å². The maximum atomic E-state index is 13.0. The molecule has 0 saturated carbocycles. The summed E-state index contributed by atoms with van der Waals surface area (Å²) in [6.45, 7) is 3.20. The van der Waals surface area contributed by atoms with Crippen molar-refractivity contribution in [1.29, 1.82) is 0 Å². The van der Waals surface area contributed by atoms with Crippen LogP contribution in [-0.4, -0.2) is 52.3 Å². The molecule has 0 atom stereocenters. The number of likely N-dealkylation sites (tertiary alicyclic amines) is 1. The summed E-state index contributed by atoms with van der Waals surface area (Å²) in [6.07, 6.45) is 3.56. The van der Waals surface area contributed by atoms with Crippen LogP contribution in [0.5, 0.6) is 5.75 Å². The smallest absolute Gasteiger partial charge is 0.251 e. The Morgan fingerprint density at radius 3 is 2.66 bits per heavy atom. The first-order chi connectivity index (χ1) is 15.5. The fourth-order valence-electron chi connectivity index (χ4n) is 3.92. The molecule has 9 heteroatoms. The zero-order valence-electron chi connectivity index (χ0n) is 17.9. The SMILES string of the molecule is COc1cnc2ccc(=O)n(CCN3CCC(NC(=S)Nc4ccc(F)cc4)CC3)c2c1. The van der Waals surface area contributed by atoms with Crippen molar-refractivity contribution in [2.24, 2.45) is 0 Å². The number of hydrogen-bond donors (Lipinski definition) is 2. The van der Waals surface area contributed by atoms with Gasteiger partial charge in [0.15, 0.2) is 5.11 Å². The van der Waals surface area contributed by atoms with Crippen LogP contribution in [0.2, 0.25) is 0 Å². The predicted molar refractivity (Wildman–Crippen MR) is 128 cm³/mol. The lowest BCUT2D eigenvalue weighted by Crippen LogP contribution is -2.46. The molecule has 0 spiro atoms. The van der Waals surface area contributed by atoms with E-state index < -0.39 is 0 Å². The first kappa shape index (κ1) is 22.2. The molecule has 0 bridgehead atoms. The Morgan fingerprint density at radius 1 is 1.19 bits per heavy atom. The van der Waals surface area contributed by atoms with Crippen LogP contribution >= 0.6 is 12.2 Å². The first-order valence-corrected chi connectivity index (χ1v) is 11.0. The van der Waals surface area contributed by atoms with Gasteiger partial charge in [0.1, 0.15) is 11.6 Å². The van der Waals surface area contributed by atoms with E-state index in [0.29, 0.717) is 17.4 Å². The van der Waals surface area contributed by atoms with Crippen LogP contribution in [-0.2, 0) is 6.54 Å². The molecule has 2 N–H and O–H groups in total. The van der Waals surface area contributed by atoms with E-state index in [9.17, 15) is 9.18 Å². The molecule has 0 aliphatic carbocycles. The molecule has 2 aromatic heterocycles. The van der Waals surface area contributed by atoms with Crippen molar-refractivity contribution < 1.29 is 9.13 Å². The van der Waals surface area contributed by atoms with Crippen LogP contribution in [0.1, 0.15) is 12.8 Å². The first-order valence-electron chi connectivity index (χ1n) is 10.6. The molecule has 0 unspecified atom stereocenters. The highest BCUT2D eigenvalue weighted by Gasteiger charge is 2.20. The summed E-state index contributed by atoms with van der Waals surface area (Å²) in [5.74, 6) is 0.358. The number of nitrogens with zero attached hydrogens (tertiary/aromatic N) is 3. The number of aromatic nitrogens is 2. The number of methoxy groups -OCH3 is 1. The van der Waals surface area contributed by atoms with Crippen molar-refractivity contribution in [2.45, 2.75) is 25.4 Å². The molecular weight excluding hydrogens is 429 g/mol. The van der Waals surface area contributed by atoms with Gasteiger partial charge < -0.3 is 24.8 Å². The molecule has 1 fully saturated rings. The van der Waals surface area contributed by atoms with Gasteiger partial charge in [0, 0.05) is 50.0 Å². The minimum atomic E-state index is -0.275. The zero-order chi connectivity index (χ0) is 22.5. The molecule has 3 aromatic rings. The Morgan fingerprint density at radius 2 is 1.94 bits per heavy atom. The van der Waals surface area contributed by atoms with Crippen molar-refractivity contribution in [1.82, 2.24) is 19.8 Å². The van der Waals surface area contributed by atoms with Gasteiger partial charge in [0.2, 0.25) is 0 Å². The normalized spacial score (nSPS) is 14.9. The van der Waals surface area contributed by atoms with Crippen LogP contribution in [0.4, 0.5) is 10.1 Å². The van der Waals surface area contributed by atoms with E-state index in [1.807, 2.05) is 6.07 Å². The summed E-state index contributed by atoms with van der Waals surface area (Å²) >= 11 is 5.39. The maximum Gasteiger partial charge on any atom is 0.251 e. The van der Waals surface area contributed by atoms with E-state index in [1.54, 1.807) is 42.1 Å². The molecule has 1 aliphatic heterocycles. The molecule has 32 heavy (non-hydrogen) atoms. The van der Waals surface area contributed by atoms with Crippen LogP contribution in [0.3, 0.4) is 0 Å². The van der Waals surface area contributed by atoms with Gasteiger partial charge in [-0.1, -0.05) is 0 Å². The van der Waals surface area contributed by atoms with Crippen molar-refractivity contribution in [3.05, 3.63) is 64.8 Å². The van der Waals surface area contributed by atoms with Crippen LogP contribution in [0, 0.1) is 5.82 Å². The van der Waals surface area contributed by atoms with Gasteiger partial charge in [0.25, 0.3) is 5.56 Å². The number of pyridine rings is 2. The topological polar surface area (TPSA) is 71.4 Å². The molecule has 1 aromatic carbocycles. The Hall–Kier alpha value is -3.04. The Kier molecular flexibility index (Phi) is 6.96. The van der Waals surface area contributed by atoms with E-state index in [4.69, 9.17) is 17.0 Å². The van der Waals surface area contributed by atoms with E-state index >= 15 is 0 Å². The number of benzene rings is 1. The number of hydrogen-bond acceptors (Lipinski definition) is 5. The second kappa shape index (κ2) is 10.1. The average molecular weight is 456 g/mol. The summed E-state index contributed by atoms with van der Waals surface area (Å²) in [7, 11) is 1.59. The van der Waals surface area contributed by atoms with Crippen LogP contribution < -0.4 is 20.9 Å². The predicted octanol–water partition coefficient (Wildman–Crippen LogP) is 3.00. The van der Waals surface area contributed by atoms with Crippen LogP contribution in [0.25, 0.3) is 11.0 Å². The Bertz CT molecular complexity index is 1140. The molecule has 4 rings (SSSR count).